The quantitative estimate of drug-likeness (QED) is 0.265. The van der Waals surface area contributed by atoms with Gasteiger partial charge in [0.05, 0.1) is 30.0 Å². The fourth-order valence-electron chi connectivity index (χ4n) is 3.11. The maximum Gasteiger partial charge on any atom is 0.316 e. The number of halogens is 1. The second-order valence-electron chi connectivity index (χ2n) is 7.29. The average molecular weight is 555 g/mol. The maximum absolute atomic E-state index is 13.5. The minimum absolute atomic E-state index is 0.0516. The molecule has 1 atom stereocenters. The Balaban J connectivity index is 1.56. The fourth-order valence-corrected chi connectivity index (χ4v) is 6.33. The van der Waals surface area contributed by atoms with Gasteiger partial charge in [0.25, 0.3) is 15.9 Å². The third kappa shape index (κ3) is 5.69. The van der Waals surface area contributed by atoms with Crippen molar-refractivity contribution in [3.8, 4) is 5.75 Å². The molecule has 0 saturated carbocycles. The number of nitrogens with one attached hydrogen (secondary N) is 1. The number of benzene rings is 2. The van der Waals surface area contributed by atoms with Crippen molar-refractivity contribution in [2.45, 2.75) is 22.3 Å². The first-order chi connectivity index (χ1) is 16.7. The van der Waals surface area contributed by atoms with Crippen LogP contribution < -0.4 is 14.4 Å². The van der Waals surface area contributed by atoms with Crippen LogP contribution in [0.15, 0.2) is 51.7 Å². The summed E-state index contributed by atoms with van der Waals surface area (Å²) in [6.07, 6.45) is -1.17. The molecule has 10 nitrogen and oxygen atoms in total. The van der Waals surface area contributed by atoms with E-state index in [1.807, 2.05) is 6.92 Å². The van der Waals surface area contributed by atoms with Crippen LogP contribution >= 0.6 is 34.7 Å². The lowest BCUT2D eigenvalue weighted by molar-refractivity contribution is -0.137. The Morgan fingerprint density at radius 1 is 1.26 bits per heavy atom. The van der Waals surface area contributed by atoms with Gasteiger partial charge in [0.15, 0.2) is 10.4 Å². The van der Waals surface area contributed by atoms with E-state index in [2.05, 4.69) is 20.3 Å². The van der Waals surface area contributed by atoms with Crippen LogP contribution in [0.2, 0.25) is 5.02 Å². The molecule has 1 unspecified atom stereocenters. The van der Waals surface area contributed by atoms with Gasteiger partial charge < -0.3 is 9.47 Å². The molecule has 14 heteroatoms. The largest absolute Gasteiger partial charge is 0.476 e. The first-order valence-corrected chi connectivity index (χ1v) is 13.7. The van der Waals surface area contributed by atoms with Crippen molar-refractivity contribution < 1.29 is 27.5 Å². The van der Waals surface area contributed by atoms with Crippen LogP contribution in [-0.4, -0.2) is 56.0 Å². The van der Waals surface area contributed by atoms with Crippen molar-refractivity contribution in [1.82, 2.24) is 10.2 Å². The summed E-state index contributed by atoms with van der Waals surface area (Å²) in [7, 11) is -2.74. The van der Waals surface area contributed by atoms with E-state index in [-0.39, 0.29) is 33.8 Å². The molecule has 184 valence electrons. The number of hydrogen-bond donors (Lipinski definition) is 1. The fraction of sp³-hybridized carbons (Fsp3) is 0.238. The number of fused-ring (bicyclic) bond motifs is 1. The monoisotopic (exact) mass is 554 g/mol. The summed E-state index contributed by atoms with van der Waals surface area (Å²) >= 11 is 8.31. The lowest BCUT2D eigenvalue weighted by Gasteiger charge is -2.34. The summed E-state index contributed by atoms with van der Waals surface area (Å²) in [4.78, 5) is 24.4. The first kappa shape index (κ1) is 25.2. The number of methoxy groups -OCH3 is 1. The van der Waals surface area contributed by atoms with Crippen molar-refractivity contribution in [2.24, 2.45) is 0 Å². The van der Waals surface area contributed by atoms with Crippen molar-refractivity contribution in [2.75, 3.05) is 29.0 Å². The Kier molecular flexibility index (Phi) is 7.50. The molecule has 0 spiro atoms. The summed E-state index contributed by atoms with van der Waals surface area (Å²) in [5.41, 5.74) is 1.15. The van der Waals surface area contributed by atoms with Crippen LogP contribution in [0.25, 0.3) is 0 Å². The highest BCUT2D eigenvalue weighted by Crippen LogP contribution is 2.39. The Morgan fingerprint density at radius 3 is 2.71 bits per heavy atom. The van der Waals surface area contributed by atoms with Crippen LogP contribution in [-0.2, 0) is 24.3 Å². The first-order valence-electron chi connectivity index (χ1n) is 10.1. The summed E-state index contributed by atoms with van der Waals surface area (Å²) in [6, 6.07) is 11.0. The Labute approximate surface area is 214 Å². The summed E-state index contributed by atoms with van der Waals surface area (Å²) in [5, 5.41) is 10.9. The Morgan fingerprint density at radius 2 is 2.00 bits per heavy atom. The zero-order valence-electron chi connectivity index (χ0n) is 18.4. The van der Waals surface area contributed by atoms with Gasteiger partial charge in [-0.1, -0.05) is 52.4 Å². The number of carbonyl (C=O) groups excluding carboxylic acids is 2. The van der Waals surface area contributed by atoms with Gasteiger partial charge in [-0.15, -0.1) is 10.2 Å². The highest BCUT2D eigenvalue weighted by Gasteiger charge is 2.38. The molecule has 1 aromatic heterocycles. The normalized spacial score (nSPS) is 15.2. The number of esters is 1. The molecule has 1 N–H and O–H groups in total. The maximum atomic E-state index is 13.5. The molecular formula is C21H19ClN4O6S3. The number of ether oxygens (including phenoxy) is 2. The minimum atomic E-state index is -4.02. The van der Waals surface area contributed by atoms with E-state index in [1.54, 1.807) is 18.2 Å². The average Bonchev–Trinajstić information content (AvgIpc) is 3.29. The highest BCUT2D eigenvalue weighted by molar-refractivity contribution is 8.01. The second-order valence-corrected chi connectivity index (χ2v) is 11.8. The number of nitrogens with zero attached hydrogens (tertiary/aromatic N) is 3. The third-order valence-electron chi connectivity index (χ3n) is 4.87. The number of sulfonamides is 1. The van der Waals surface area contributed by atoms with Crippen LogP contribution in [0.3, 0.4) is 0 Å². The summed E-state index contributed by atoms with van der Waals surface area (Å²) in [5.74, 6) is -0.769. The number of anilines is 2. The van der Waals surface area contributed by atoms with E-state index in [9.17, 15) is 18.0 Å². The van der Waals surface area contributed by atoms with Crippen LogP contribution in [0.5, 0.6) is 5.75 Å². The molecule has 0 fully saturated rings. The molecule has 0 bridgehead atoms. The lowest BCUT2D eigenvalue weighted by Crippen LogP contribution is -2.48. The molecule has 2 heterocycles. The number of amides is 1. The van der Waals surface area contributed by atoms with Crippen LogP contribution in [0.4, 0.5) is 10.8 Å². The highest BCUT2D eigenvalue weighted by atomic mass is 35.5. The second kappa shape index (κ2) is 10.4. The van der Waals surface area contributed by atoms with E-state index in [0.717, 1.165) is 33.0 Å². The molecule has 0 saturated heterocycles. The minimum Gasteiger partial charge on any atom is -0.476 e. The molecule has 3 aromatic rings. The van der Waals surface area contributed by atoms with E-state index < -0.39 is 28.0 Å². The SMILES string of the molecule is COC(=O)CSc1nnc(NC(=O)C2CN(S(=O)(=O)c3ccc(C)cc3)c3cc(Cl)ccc3O2)s1. The van der Waals surface area contributed by atoms with E-state index >= 15 is 0 Å². The molecule has 0 aliphatic carbocycles. The number of aromatic nitrogens is 2. The Bertz CT molecular complexity index is 1360. The predicted octanol–water partition coefficient (Wildman–Crippen LogP) is 3.36. The standard InChI is InChI=1S/C21H19ClN4O6S3/c1-12-3-6-14(7-4-12)35(29,30)26-10-17(32-16-8-5-13(22)9-15(16)26)19(28)23-20-24-25-21(34-20)33-11-18(27)31-2/h3-9,17H,10-11H2,1-2H3,(H,23,24,28). The third-order valence-corrected chi connectivity index (χ3v) is 8.84. The van der Waals surface area contributed by atoms with Gasteiger partial charge in [-0.25, -0.2) is 8.42 Å². The van der Waals surface area contributed by atoms with Gasteiger partial charge in [-0.05, 0) is 37.3 Å². The van der Waals surface area contributed by atoms with Gasteiger partial charge in [0, 0.05) is 5.02 Å². The summed E-state index contributed by atoms with van der Waals surface area (Å²) in [6.45, 7) is 1.57. The van der Waals surface area contributed by atoms with Crippen molar-refractivity contribution in [3.05, 3.63) is 53.1 Å². The molecule has 2 aromatic carbocycles. The number of carbonyl (C=O) groups is 2. The van der Waals surface area contributed by atoms with Crippen LogP contribution in [0.1, 0.15) is 5.56 Å². The van der Waals surface area contributed by atoms with E-state index in [1.165, 1.54) is 31.4 Å². The lowest BCUT2D eigenvalue weighted by atomic mass is 10.2. The van der Waals surface area contributed by atoms with Gasteiger partial charge in [-0.3, -0.25) is 19.2 Å². The van der Waals surface area contributed by atoms with Gasteiger partial charge in [0.1, 0.15) is 5.75 Å². The van der Waals surface area contributed by atoms with Gasteiger partial charge in [-0.2, -0.15) is 0 Å². The molecule has 1 amide bonds. The zero-order chi connectivity index (χ0) is 25.2. The summed E-state index contributed by atoms with van der Waals surface area (Å²) < 4.78 is 38.9. The van der Waals surface area contributed by atoms with Crippen molar-refractivity contribution in [3.63, 3.8) is 0 Å². The Hall–Kier alpha value is -2.87. The van der Waals surface area contributed by atoms with E-state index in [0.29, 0.717) is 9.36 Å². The topological polar surface area (TPSA) is 128 Å². The molecular weight excluding hydrogens is 536 g/mol. The number of aryl methyl sites for hydroxylation is 1. The molecule has 1 aliphatic heterocycles. The van der Waals surface area contributed by atoms with Gasteiger partial charge in [0.2, 0.25) is 5.13 Å². The molecule has 1 aliphatic rings. The smallest absolute Gasteiger partial charge is 0.316 e. The van der Waals surface area contributed by atoms with E-state index in [4.69, 9.17) is 16.3 Å². The number of rotatable bonds is 7. The van der Waals surface area contributed by atoms with Gasteiger partial charge >= 0.3 is 5.97 Å². The van der Waals surface area contributed by atoms with Crippen LogP contribution in [0, 0.1) is 6.92 Å². The molecule has 4 rings (SSSR count). The van der Waals surface area contributed by atoms with Crippen molar-refractivity contribution in [1.29, 1.82) is 0 Å². The zero-order valence-corrected chi connectivity index (χ0v) is 21.6. The number of hydrogen-bond acceptors (Lipinski definition) is 10. The molecule has 35 heavy (non-hydrogen) atoms. The predicted molar refractivity (Wildman–Crippen MR) is 133 cm³/mol. The van der Waals surface area contributed by atoms with Crippen molar-refractivity contribution >= 4 is 67.4 Å². The number of thioether (sulfide) groups is 1. The molecule has 0 radical (unpaired) electrons.